The SMILES string of the molecule is CCOC(=O)C(C)=Cc1ccc2c(-c3ccccc3C)ccnc2c1. The first-order chi connectivity index (χ1) is 12.1. The summed E-state index contributed by atoms with van der Waals surface area (Å²) < 4.78 is 5.03. The van der Waals surface area contributed by atoms with Crippen molar-refractivity contribution in [2.45, 2.75) is 20.8 Å². The molecule has 0 bridgehead atoms. The van der Waals surface area contributed by atoms with E-state index in [1.165, 1.54) is 16.7 Å². The highest BCUT2D eigenvalue weighted by Gasteiger charge is 2.08. The summed E-state index contributed by atoms with van der Waals surface area (Å²) in [6.07, 6.45) is 3.66. The molecule has 126 valence electrons. The summed E-state index contributed by atoms with van der Waals surface area (Å²) in [5, 5.41) is 1.10. The van der Waals surface area contributed by atoms with Gasteiger partial charge in [0.1, 0.15) is 0 Å². The molecule has 3 heteroatoms. The molecular weight excluding hydrogens is 310 g/mol. The molecular formula is C22H21NO2. The summed E-state index contributed by atoms with van der Waals surface area (Å²) in [5.41, 5.74) is 6.04. The molecule has 0 amide bonds. The predicted octanol–water partition coefficient (Wildman–Crippen LogP) is 5.18. The zero-order valence-electron chi connectivity index (χ0n) is 14.7. The molecule has 3 nitrogen and oxygen atoms in total. The molecule has 25 heavy (non-hydrogen) atoms. The van der Waals surface area contributed by atoms with Gasteiger partial charge in [0, 0.05) is 17.2 Å². The molecule has 0 unspecified atom stereocenters. The number of fused-ring (bicyclic) bond motifs is 1. The highest BCUT2D eigenvalue weighted by Crippen LogP contribution is 2.30. The number of carbonyl (C=O) groups excluding carboxylic acids is 1. The Labute approximate surface area is 148 Å². The summed E-state index contributed by atoms with van der Waals surface area (Å²) >= 11 is 0. The van der Waals surface area contributed by atoms with Gasteiger partial charge in [-0.2, -0.15) is 0 Å². The Kier molecular flexibility index (Phi) is 4.94. The third-order valence-corrected chi connectivity index (χ3v) is 4.18. The van der Waals surface area contributed by atoms with Crippen LogP contribution in [0, 0.1) is 6.92 Å². The van der Waals surface area contributed by atoms with Crippen molar-refractivity contribution in [3.05, 3.63) is 71.4 Å². The molecule has 3 rings (SSSR count). The van der Waals surface area contributed by atoms with Gasteiger partial charge in [0.15, 0.2) is 0 Å². The number of hydrogen-bond acceptors (Lipinski definition) is 3. The summed E-state index contributed by atoms with van der Waals surface area (Å²) in [7, 11) is 0. The maximum Gasteiger partial charge on any atom is 0.333 e. The van der Waals surface area contributed by atoms with Crippen molar-refractivity contribution in [2.75, 3.05) is 6.61 Å². The zero-order chi connectivity index (χ0) is 17.8. The molecule has 3 aromatic rings. The van der Waals surface area contributed by atoms with Gasteiger partial charge in [-0.1, -0.05) is 36.4 Å². The van der Waals surface area contributed by atoms with Gasteiger partial charge in [0.05, 0.1) is 12.1 Å². The molecule has 0 aliphatic carbocycles. The third-order valence-electron chi connectivity index (χ3n) is 4.18. The van der Waals surface area contributed by atoms with E-state index in [9.17, 15) is 4.79 Å². The molecule has 0 saturated carbocycles. The maximum atomic E-state index is 11.8. The van der Waals surface area contributed by atoms with Crippen LogP contribution in [-0.4, -0.2) is 17.6 Å². The Morgan fingerprint density at radius 2 is 1.92 bits per heavy atom. The van der Waals surface area contributed by atoms with Crippen LogP contribution in [0.25, 0.3) is 28.1 Å². The second-order valence-corrected chi connectivity index (χ2v) is 6.00. The maximum absolute atomic E-state index is 11.8. The number of pyridine rings is 1. The molecule has 2 aromatic carbocycles. The lowest BCUT2D eigenvalue weighted by molar-refractivity contribution is -0.138. The number of hydrogen-bond donors (Lipinski definition) is 0. The van der Waals surface area contributed by atoms with Gasteiger partial charge in [-0.3, -0.25) is 4.98 Å². The quantitative estimate of drug-likeness (QED) is 0.488. The van der Waals surface area contributed by atoms with E-state index >= 15 is 0 Å². The monoisotopic (exact) mass is 331 g/mol. The first kappa shape index (κ1) is 16.9. The predicted molar refractivity (Wildman–Crippen MR) is 102 cm³/mol. The lowest BCUT2D eigenvalue weighted by atomic mass is 9.96. The number of ether oxygens (including phenoxy) is 1. The minimum atomic E-state index is -0.288. The molecule has 0 radical (unpaired) electrons. The second-order valence-electron chi connectivity index (χ2n) is 6.00. The minimum Gasteiger partial charge on any atom is -0.463 e. The number of carbonyl (C=O) groups is 1. The normalized spacial score (nSPS) is 11.6. The van der Waals surface area contributed by atoms with E-state index in [0.717, 1.165) is 16.5 Å². The number of nitrogens with zero attached hydrogens (tertiary/aromatic N) is 1. The number of aromatic nitrogens is 1. The van der Waals surface area contributed by atoms with Gasteiger partial charge in [-0.15, -0.1) is 0 Å². The highest BCUT2D eigenvalue weighted by atomic mass is 16.5. The van der Waals surface area contributed by atoms with Gasteiger partial charge in [-0.05, 0) is 61.2 Å². The molecule has 0 N–H and O–H groups in total. The molecule has 0 spiro atoms. The zero-order valence-corrected chi connectivity index (χ0v) is 14.7. The topological polar surface area (TPSA) is 39.2 Å². The van der Waals surface area contributed by atoms with Crippen molar-refractivity contribution in [1.82, 2.24) is 4.98 Å². The van der Waals surface area contributed by atoms with E-state index in [-0.39, 0.29) is 5.97 Å². The molecule has 0 atom stereocenters. The van der Waals surface area contributed by atoms with Gasteiger partial charge >= 0.3 is 5.97 Å². The van der Waals surface area contributed by atoms with Crippen molar-refractivity contribution in [1.29, 1.82) is 0 Å². The van der Waals surface area contributed by atoms with Crippen molar-refractivity contribution >= 4 is 22.9 Å². The number of aryl methyl sites for hydroxylation is 1. The number of benzene rings is 2. The van der Waals surface area contributed by atoms with Crippen LogP contribution >= 0.6 is 0 Å². The third kappa shape index (κ3) is 3.61. The second kappa shape index (κ2) is 7.31. The molecule has 0 fully saturated rings. The lowest BCUT2D eigenvalue weighted by Crippen LogP contribution is -2.04. The Morgan fingerprint density at radius 3 is 2.68 bits per heavy atom. The van der Waals surface area contributed by atoms with Crippen molar-refractivity contribution < 1.29 is 9.53 Å². The van der Waals surface area contributed by atoms with E-state index in [2.05, 4.69) is 36.2 Å². The molecule has 1 aromatic heterocycles. The van der Waals surface area contributed by atoms with Crippen LogP contribution in [0.4, 0.5) is 0 Å². The van der Waals surface area contributed by atoms with Crippen LogP contribution in [0.5, 0.6) is 0 Å². The van der Waals surface area contributed by atoms with Crippen molar-refractivity contribution in [3.63, 3.8) is 0 Å². The van der Waals surface area contributed by atoms with Crippen LogP contribution in [0.15, 0.2) is 60.3 Å². The molecule has 1 heterocycles. The first-order valence-corrected chi connectivity index (χ1v) is 8.40. The Hall–Kier alpha value is -2.94. The standard InChI is InChI=1S/C22H21NO2/c1-4-25-22(24)16(3)13-17-9-10-20-19(11-12-23-21(20)14-17)18-8-6-5-7-15(18)2/h5-14H,4H2,1-3H3. The van der Waals surface area contributed by atoms with Crippen LogP contribution in [0.3, 0.4) is 0 Å². The van der Waals surface area contributed by atoms with Crippen LogP contribution < -0.4 is 0 Å². The van der Waals surface area contributed by atoms with Crippen LogP contribution in [0.1, 0.15) is 25.0 Å². The summed E-state index contributed by atoms with van der Waals surface area (Å²) in [5.74, 6) is -0.288. The van der Waals surface area contributed by atoms with Crippen LogP contribution in [-0.2, 0) is 9.53 Å². The minimum absolute atomic E-state index is 0.288. The largest absolute Gasteiger partial charge is 0.463 e. The fourth-order valence-corrected chi connectivity index (χ4v) is 2.92. The fourth-order valence-electron chi connectivity index (χ4n) is 2.92. The van der Waals surface area contributed by atoms with Crippen LogP contribution in [0.2, 0.25) is 0 Å². The highest BCUT2D eigenvalue weighted by molar-refractivity contribution is 5.97. The van der Waals surface area contributed by atoms with Gasteiger partial charge in [0.25, 0.3) is 0 Å². The van der Waals surface area contributed by atoms with Crippen molar-refractivity contribution in [2.24, 2.45) is 0 Å². The number of esters is 1. The van der Waals surface area contributed by atoms with E-state index in [0.29, 0.717) is 12.2 Å². The lowest BCUT2D eigenvalue weighted by Gasteiger charge is -2.10. The average Bonchev–Trinajstić information content (AvgIpc) is 2.61. The average molecular weight is 331 g/mol. The Morgan fingerprint density at radius 1 is 1.12 bits per heavy atom. The Bertz CT molecular complexity index is 957. The van der Waals surface area contributed by atoms with Crippen molar-refractivity contribution in [3.8, 4) is 11.1 Å². The number of rotatable bonds is 4. The van der Waals surface area contributed by atoms with Gasteiger partial charge in [-0.25, -0.2) is 4.79 Å². The molecule has 0 saturated heterocycles. The van der Waals surface area contributed by atoms with Gasteiger partial charge < -0.3 is 4.74 Å². The fraction of sp³-hybridized carbons (Fsp3) is 0.182. The van der Waals surface area contributed by atoms with Gasteiger partial charge in [0.2, 0.25) is 0 Å². The van der Waals surface area contributed by atoms with E-state index in [1.54, 1.807) is 13.8 Å². The van der Waals surface area contributed by atoms with E-state index in [4.69, 9.17) is 4.74 Å². The van der Waals surface area contributed by atoms with E-state index < -0.39 is 0 Å². The molecule has 0 aliphatic rings. The molecule has 0 aliphatic heterocycles. The smallest absolute Gasteiger partial charge is 0.333 e. The summed E-state index contributed by atoms with van der Waals surface area (Å²) in [4.78, 5) is 16.3. The van der Waals surface area contributed by atoms with E-state index in [1.807, 2.05) is 36.5 Å². The summed E-state index contributed by atoms with van der Waals surface area (Å²) in [6.45, 7) is 6.06. The Balaban J connectivity index is 2.05. The summed E-state index contributed by atoms with van der Waals surface area (Å²) in [6, 6.07) is 16.5. The first-order valence-electron chi connectivity index (χ1n) is 8.40.